The molecule has 0 bridgehead atoms. The molecule has 0 saturated carbocycles. The Hall–Kier alpha value is -9.15. The summed E-state index contributed by atoms with van der Waals surface area (Å²) in [5, 5.41) is 28.3. The summed E-state index contributed by atoms with van der Waals surface area (Å²) in [7, 11) is -11.7. The minimum absolute atomic E-state index is 0. The van der Waals surface area contributed by atoms with Gasteiger partial charge in [-0.3, -0.25) is 24.0 Å². The third-order valence-electron chi connectivity index (χ3n) is 24.4. The predicted molar refractivity (Wildman–Crippen MR) is 529 cm³/mol. The molecule has 5 aromatic carbocycles. The van der Waals surface area contributed by atoms with E-state index in [0.29, 0.717) is 111 Å². The number of fused-ring (bicyclic) bond motifs is 2. The van der Waals surface area contributed by atoms with Crippen molar-refractivity contribution in [2.24, 2.45) is 0 Å². The van der Waals surface area contributed by atoms with Gasteiger partial charge in [0.05, 0.1) is 41.7 Å². The monoisotopic (exact) mass is 2130 g/mol. The van der Waals surface area contributed by atoms with Gasteiger partial charge in [-0.25, -0.2) is 67.1 Å². The number of carbonyl (C=O) groups excluding carboxylic acids is 5. The molecule has 48 heteroatoms. The number of anilines is 5. The van der Waals surface area contributed by atoms with Gasteiger partial charge in [0.15, 0.2) is 34.8 Å². The number of likely N-dealkylation sites (N-methyl/N-ethyl adjacent to an activating group) is 2. The van der Waals surface area contributed by atoms with Crippen LogP contribution >= 0.6 is 15.9 Å². The summed E-state index contributed by atoms with van der Waals surface area (Å²) in [5.74, 6) is -7.21. The zero-order valence-electron chi connectivity index (χ0n) is 85.6. The Morgan fingerprint density at radius 3 is 1.11 bits per heavy atom. The largest absolute Gasteiger partial charge is 1.00 e. The molecule has 780 valence electrons. The van der Waals surface area contributed by atoms with Crippen molar-refractivity contribution in [2.45, 2.75) is 262 Å². The van der Waals surface area contributed by atoms with Crippen molar-refractivity contribution in [2.75, 3.05) is 109 Å². The van der Waals surface area contributed by atoms with E-state index >= 15 is 13.2 Å². The van der Waals surface area contributed by atoms with E-state index in [4.69, 9.17) is 38.8 Å². The van der Waals surface area contributed by atoms with E-state index in [9.17, 15) is 79.9 Å². The number of aliphatic hydroxyl groups is 1. The minimum atomic E-state index is -4.29. The van der Waals surface area contributed by atoms with E-state index in [1.807, 2.05) is 23.6 Å². The standard InChI is InChI=1S/C16H23FN2O5S.C16H21FN2O4S.C15H19FN2O5S.C14H17FN2O5S.C13H17FN2O4S.C9H18N.C6H16N2.C3H5Br.Li/c1-9-10(2)14(24-5)13(12(17)11(9)7-6-8-20)19-16(3,4)15(21)18-25(19,22)23;1-7-8-11-9(2)10(3)14(23-6)13(12(11)17)19-16(4,5)15(20)18-24(19,21)22;1-8-12-9(6-5-7-23-12)10(16)11(13(8)22-4)18-15(2,3)14(19)17-24(18,20)21;1-7-11(18)10(9(15)8-5-4-6-22-12(7)8)17-14(2,3)13(19)16-23(17,20)21;1-7-6-9(14)10(11(20-5)8(7)2)16-13(3,4)12(17)15-21(16,18)19;1-8(2)6-5-7-9(3,4)10-8;1-4-7-5-6-8(2)3;1-2-3-4;/h20H,6-8H2,1-5H3,(H,18,21);7H,1,8H2,2-6H3,(H,18,20);5-7H2,1-4H3,(H,17,19);18H,4-6H2,1-3H3,(H,16,19);6H,1-5H3,(H,15,17);5-7H2,1-4H3;7H,4-6H2,1-3H3;2H,1,3H2;/q;;;;;-1;;;+1. The molecule has 6 saturated heterocycles. The van der Waals surface area contributed by atoms with Crippen LogP contribution in [-0.4, -0.2) is 213 Å². The van der Waals surface area contributed by atoms with Crippen molar-refractivity contribution in [3.8, 4) is 40.2 Å². The van der Waals surface area contributed by atoms with Crippen LogP contribution in [0, 0.1) is 84.5 Å². The fourth-order valence-electron chi connectivity index (χ4n) is 16.8. The summed E-state index contributed by atoms with van der Waals surface area (Å²) in [5.41, 5.74) is -3.00. The van der Waals surface area contributed by atoms with E-state index in [1.165, 1.54) is 136 Å². The SMILES string of the molecule is C=CCBr.C=CCc1c(C)c(C)c(OC)c(N2C(C)(C)C(=O)NS2(=O)=O)c1F.CC1(C)CCCC(C)(C)[N-]1.CCNCCN(C)C.COc1c(C)c(C)c(CCCO)c(F)c1N1C(C)(C)C(=O)NS1(=O)=O.COc1c(C)c(C)cc(F)c1N1C(C)(C)C(=O)NS1(=O)=O.COc1c(C)c2c(c(F)c1N1C(C)(C)C(=O)NS1(=O)=O)CCCO2.Cc1c(O)c(N2C(C)(C)C(=O)NS2(=O)=O)c(F)c2c1OCCC2.[Li+]. The number of methoxy groups -OCH3 is 4. The van der Waals surface area contributed by atoms with E-state index in [1.54, 1.807) is 54.5 Å². The van der Waals surface area contributed by atoms with Crippen LogP contribution in [0.15, 0.2) is 31.4 Å². The predicted octanol–water partition coefficient (Wildman–Crippen LogP) is 9.27. The molecule has 5 aromatic rings. The molecule has 6 fully saturated rings. The first-order chi connectivity index (χ1) is 63.8. The number of hydrogen-bond acceptors (Lipinski definition) is 25. The van der Waals surface area contributed by atoms with Gasteiger partial charge >= 0.3 is 69.9 Å². The number of nitrogens with one attached hydrogen (secondary N) is 6. The number of aryl methyl sites for hydroxylation is 1. The molecule has 36 nitrogen and oxygen atoms in total. The van der Waals surface area contributed by atoms with Crippen LogP contribution in [0.3, 0.4) is 0 Å². The van der Waals surface area contributed by atoms with Gasteiger partial charge < -0.3 is 54.2 Å². The molecule has 5 amide bonds. The smallest absolute Gasteiger partial charge is 0.652 e. The summed E-state index contributed by atoms with van der Waals surface area (Å²) in [6.45, 7) is 49.5. The fraction of sp³-hybridized carbons (Fsp3) is 0.576. The number of halogens is 6. The average Bonchev–Trinajstić information content (AvgIpc) is 1.56. The molecule has 0 aliphatic carbocycles. The Kier molecular flexibility index (Phi) is 40.1. The number of nitrogens with zero attached hydrogens (tertiary/aromatic N) is 7. The number of rotatable bonds is 19. The quantitative estimate of drug-likeness (QED) is 0.0125. The number of phenols is 1. The van der Waals surface area contributed by atoms with E-state index in [-0.39, 0.29) is 112 Å². The Balaban J connectivity index is 0.000000292. The Bertz CT molecular complexity index is 6160. The van der Waals surface area contributed by atoms with Gasteiger partial charge in [0, 0.05) is 47.3 Å². The number of benzene rings is 5. The number of aromatic hydroxyl groups is 1. The van der Waals surface area contributed by atoms with Crippen molar-refractivity contribution < 1.29 is 146 Å². The van der Waals surface area contributed by atoms with Gasteiger partial charge in [0.25, 0.3) is 29.5 Å². The maximum atomic E-state index is 15.3. The summed E-state index contributed by atoms with van der Waals surface area (Å²) in [6, 6.07) is 1.22. The number of amides is 5. The maximum Gasteiger partial charge on any atom is 1.00 e. The second kappa shape index (κ2) is 46.3. The van der Waals surface area contributed by atoms with Gasteiger partial charge in [0.1, 0.15) is 90.6 Å². The normalized spacial score (nSPS) is 19.4. The first-order valence-electron chi connectivity index (χ1n) is 44.4. The number of piperidine rings is 1. The zero-order chi connectivity index (χ0) is 106. The van der Waals surface area contributed by atoms with Gasteiger partial charge in [-0.1, -0.05) is 82.0 Å². The molecule has 8 heterocycles. The molecule has 0 radical (unpaired) electrons. The third kappa shape index (κ3) is 24.9. The second-order valence-corrected chi connectivity index (χ2v) is 46.1. The molecule has 0 aromatic heterocycles. The van der Waals surface area contributed by atoms with Gasteiger partial charge in [0.2, 0.25) is 0 Å². The van der Waals surface area contributed by atoms with Crippen molar-refractivity contribution in [3.63, 3.8) is 0 Å². The Morgan fingerprint density at radius 2 is 0.800 bits per heavy atom. The molecule has 0 unspecified atom stereocenters. The zero-order valence-corrected chi connectivity index (χ0v) is 91.2. The third-order valence-corrected chi connectivity index (χ3v) is 32.7. The fourth-order valence-corrected chi connectivity index (χ4v) is 25.1. The Labute approximate surface area is 842 Å². The number of phenolic OH excluding ortho intramolecular Hbond substituents is 1. The molecule has 140 heavy (non-hydrogen) atoms. The van der Waals surface area contributed by atoms with E-state index < -0.39 is 149 Å². The molecule has 8 aliphatic rings. The molecule has 8 aliphatic heterocycles. The number of hydrogen-bond donors (Lipinski definition) is 8. The van der Waals surface area contributed by atoms with Gasteiger partial charge in [-0.2, -0.15) is 42.1 Å². The summed E-state index contributed by atoms with van der Waals surface area (Å²) < 4.78 is 244. The van der Waals surface area contributed by atoms with Crippen LogP contribution in [0.2, 0.25) is 0 Å². The van der Waals surface area contributed by atoms with Crippen molar-refractivity contribution in [1.29, 1.82) is 0 Å². The number of allylic oxidation sites excluding steroid dienone is 2. The summed E-state index contributed by atoms with van der Waals surface area (Å²) in [6.07, 6.45) is 9.98. The summed E-state index contributed by atoms with van der Waals surface area (Å²) in [4.78, 5) is 62.2. The maximum absolute atomic E-state index is 15.3. The molecule has 13 rings (SSSR count). The van der Waals surface area contributed by atoms with E-state index in [0.717, 1.165) is 42.2 Å². The number of aliphatic hydroxyl groups excluding tert-OH is 1. The second-order valence-electron chi connectivity index (χ2n) is 37.8. The summed E-state index contributed by atoms with van der Waals surface area (Å²) >= 11 is 3.13. The van der Waals surface area contributed by atoms with Crippen molar-refractivity contribution >= 4 is 125 Å². The van der Waals surface area contributed by atoms with Crippen molar-refractivity contribution in [3.05, 3.63) is 133 Å². The minimum Gasteiger partial charge on any atom is -0.652 e. The molecule has 0 atom stereocenters. The van der Waals surface area contributed by atoms with Crippen LogP contribution < -0.4 is 97.7 Å². The molecule has 8 N–H and O–H groups in total. The van der Waals surface area contributed by atoms with E-state index in [2.05, 4.69) is 88.0 Å². The molecular weight excluding hydrogens is 2000 g/mol. The number of carbonyl (C=O) groups is 5. The first-order valence-corrected chi connectivity index (χ1v) is 52.8. The molecular formula is C92H136BrF5LiN13O23S5. The number of ether oxygens (including phenoxy) is 6. The van der Waals surface area contributed by atoms with Gasteiger partial charge in [-0.15, -0.1) is 24.2 Å². The molecule has 0 spiro atoms. The Morgan fingerprint density at radius 1 is 0.486 bits per heavy atom. The van der Waals surface area contributed by atoms with Crippen LogP contribution in [-0.2, 0) is 101 Å². The first kappa shape index (κ1) is 121. The van der Waals surface area contributed by atoms with Crippen LogP contribution in [0.5, 0.6) is 40.2 Å². The van der Waals surface area contributed by atoms with Crippen LogP contribution in [0.1, 0.15) is 209 Å². The number of alkyl halides is 1. The van der Waals surface area contributed by atoms with Gasteiger partial charge in [-0.05, 0) is 241 Å². The van der Waals surface area contributed by atoms with Crippen LogP contribution in [0.25, 0.3) is 5.32 Å². The van der Waals surface area contributed by atoms with Crippen molar-refractivity contribution in [1.82, 2.24) is 33.8 Å². The van der Waals surface area contributed by atoms with Crippen LogP contribution in [0.4, 0.5) is 50.4 Å². The average molecular weight is 2130 g/mol. The topological polar surface area (TPSA) is 458 Å².